The zero-order valence-electron chi connectivity index (χ0n) is 12.7. The lowest BCUT2D eigenvalue weighted by Crippen LogP contribution is -2.55. The van der Waals surface area contributed by atoms with Crippen molar-refractivity contribution in [3.05, 3.63) is 66.0 Å². The van der Waals surface area contributed by atoms with E-state index in [1.165, 1.54) is 17.1 Å². The molecule has 0 aromatic heterocycles. The van der Waals surface area contributed by atoms with Gasteiger partial charge in [-0.05, 0) is 29.8 Å². The van der Waals surface area contributed by atoms with E-state index in [4.69, 9.17) is 0 Å². The highest BCUT2D eigenvalue weighted by Gasteiger charge is 2.25. The van der Waals surface area contributed by atoms with Gasteiger partial charge in [0.2, 0.25) is 5.84 Å². The molecule has 7 heteroatoms. The van der Waals surface area contributed by atoms with E-state index in [0.717, 1.165) is 5.56 Å². The monoisotopic (exact) mass is 326 g/mol. The maximum absolute atomic E-state index is 12.9. The Morgan fingerprint density at radius 1 is 1.17 bits per heavy atom. The summed E-state index contributed by atoms with van der Waals surface area (Å²) < 4.78 is 12.9. The van der Waals surface area contributed by atoms with Gasteiger partial charge in [0.1, 0.15) is 12.4 Å². The number of amidine groups is 1. The fraction of sp³-hybridized carbons (Fsp3) is 0.118. The summed E-state index contributed by atoms with van der Waals surface area (Å²) in [4.78, 5) is 28.1. The minimum Gasteiger partial charge on any atom is -0.345 e. The molecule has 2 aromatic carbocycles. The van der Waals surface area contributed by atoms with E-state index in [-0.39, 0.29) is 30.6 Å². The first-order chi connectivity index (χ1) is 11.6. The molecule has 24 heavy (non-hydrogen) atoms. The van der Waals surface area contributed by atoms with E-state index in [1.54, 1.807) is 36.4 Å². The van der Waals surface area contributed by atoms with Crippen LogP contribution in [0.15, 0.2) is 59.6 Å². The Morgan fingerprint density at radius 3 is 2.58 bits per heavy atom. The number of carbonyl (C=O) groups excluding carboxylic acids is 2. The van der Waals surface area contributed by atoms with Crippen molar-refractivity contribution in [3.8, 4) is 0 Å². The van der Waals surface area contributed by atoms with Crippen LogP contribution in [0, 0.1) is 5.82 Å². The van der Waals surface area contributed by atoms with Gasteiger partial charge in [0.15, 0.2) is 0 Å². The van der Waals surface area contributed by atoms with Crippen LogP contribution in [0.4, 0.5) is 10.1 Å². The number of nitrogens with one attached hydrogen (secondary N) is 2. The summed E-state index contributed by atoms with van der Waals surface area (Å²) in [5.41, 5.74) is 4.11. The van der Waals surface area contributed by atoms with E-state index in [2.05, 4.69) is 15.7 Å². The Labute approximate surface area is 138 Å². The molecule has 0 bridgehead atoms. The van der Waals surface area contributed by atoms with Crippen molar-refractivity contribution in [3.63, 3.8) is 0 Å². The highest BCUT2D eigenvalue weighted by molar-refractivity contribution is 6.39. The molecule has 2 amide bonds. The van der Waals surface area contributed by atoms with Gasteiger partial charge in [0.05, 0.1) is 5.69 Å². The lowest BCUT2D eigenvalue weighted by molar-refractivity contribution is -0.118. The van der Waals surface area contributed by atoms with Crippen molar-refractivity contribution < 1.29 is 14.0 Å². The number of nitrogens with zero attached hydrogens (tertiary/aromatic N) is 2. The molecule has 0 spiro atoms. The normalized spacial score (nSPS) is 14.0. The fourth-order valence-electron chi connectivity index (χ4n) is 2.20. The van der Waals surface area contributed by atoms with E-state index in [1.807, 2.05) is 6.07 Å². The molecule has 6 nitrogen and oxygen atoms in total. The molecule has 0 aliphatic carbocycles. The summed E-state index contributed by atoms with van der Waals surface area (Å²) >= 11 is 0. The second kappa shape index (κ2) is 6.91. The molecule has 122 valence electrons. The lowest BCUT2D eigenvalue weighted by Gasteiger charge is -2.27. The zero-order valence-corrected chi connectivity index (χ0v) is 12.7. The third-order valence-corrected chi connectivity index (χ3v) is 3.44. The average Bonchev–Trinajstić information content (AvgIpc) is 2.62. The predicted octanol–water partition coefficient (Wildman–Crippen LogP) is 1.39. The number of hydrazine groups is 1. The molecular weight excluding hydrogens is 311 g/mol. The van der Waals surface area contributed by atoms with Crippen LogP contribution in [0.3, 0.4) is 0 Å². The predicted molar refractivity (Wildman–Crippen MR) is 87.6 cm³/mol. The average molecular weight is 326 g/mol. The van der Waals surface area contributed by atoms with Crippen LogP contribution < -0.4 is 15.8 Å². The zero-order chi connectivity index (χ0) is 16.9. The summed E-state index contributed by atoms with van der Waals surface area (Å²) in [6.45, 7) is 0.125. The number of rotatable bonds is 4. The van der Waals surface area contributed by atoms with Gasteiger partial charge in [-0.15, -0.1) is 0 Å². The largest absolute Gasteiger partial charge is 0.345 e. The van der Waals surface area contributed by atoms with Crippen molar-refractivity contribution in [2.24, 2.45) is 4.99 Å². The summed E-state index contributed by atoms with van der Waals surface area (Å²) in [5, 5.41) is 3.97. The van der Waals surface area contributed by atoms with E-state index in [9.17, 15) is 14.0 Å². The van der Waals surface area contributed by atoms with Crippen molar-refractivity contribution in [1.82, 2.24) is 10.7 Å². The van der Waals surface area contributed by atoms with E-state index >= 15 is 0 Å². The van der Waals surface area contributed by atoms with Crippen LogP contribution in [-0.4, -0.2) is 24.2 Å². The highest BCUT2D eigenvalue weighted by Crippen LogP contribution is 2.13. The second-order valence-electron chi connectivity index (χ2n) is 5.15. The molecule has 1 heterocycles. The molecule has 1 aliphatic heterocycles. The van der Waals surface area contributed by atoms with Gasteiger partial charge in [-0.25, -0.2) is 9.40 Å². The summed E-state index contributed by atoms with van der Waals surface area (Å²) in [6.07, 6.45) is 0. The molecular formula is C17H15FN4O2. The highest BCUT2D eigenvalue weighted by atomic mass is 19.1. The van der Waals surface area contributed by atoms with Crippen LogP contribution in [0.1, 0.15) is 5.56 Å². The number of carbonyl (C=O) groups is 2. The quantitative estimate of drug-likeness (QED) is 0.892. The number of amides is 2. The van der Waals surface area contributed by atoms with Gasteiger partial charge in [-0.2, -0.15) is 0 Å². The first kappa shape index (κ1) is 15.7. The molecule has 0 radical (unpaired) electrons. The molecule has 3 rings (SSSR count). The molecule has 0 fully saturated rings. The SMILES string of the molecule is O=C(NCc1ccc(F)cc1)C1=NCC(=O)N(c2ccccc2)N1. The van der Waals surface area contributed by atoms with E-state index < -0.39 is 5.91 Å². The summed E-state index contributed by atoms with van der Waals surface area (Å²) in [6, 6.07) is 14.8. The van der Waals surface area contributed by atoms with Gasteiger partial charge in [-0.3, -0.25) is 20.0 Å². The van der Waals surface area contributed by atoms with Gasteiger partial charge in [-0.1, -0.05) is 30.3 Å². The first-order valence-electron chi connectivity index (χ1n) is 7.35. The van der Waals surface area contributed by atoms with Crippen molar-refractivity contribution in [1.29, 1.82) is 0 Å². The Hall–Kier alpha value is -3.22. The number of halogens is 1. The standard InChI is InChI=1S/C17H15FN4O2/c18-13-8-6-12(7-9-13)10-20-17(24)16-19-11-15(23)22(21-16)14-4-2-1-3-5-14/h1-9H,10-11H2,(H,19,21)(H,20,24). The Kier molecular flexibility index (Phi) is 4.51. The molecule has 2 N–H and O–H groups in total. The van der Waals surface area contributed by atoms with Crippen LogP contribution in [-0.2, 0) is 16.1 Å². The Morgan fingerprint density at radius 2 is 1.88 bits per heavy atom. The maximum Gasteiger partial charge on any atom is 0.288 e. The Bertz CT molecular complexity index is 775. The molecule has 0 saturated heterocycles. The van der Waals surface area contributed by atoms with Gasteiger partial charge in [0.25, 0.3) is 11.8 Å². The topological polar surface area (TPSA) is 73.8 Å². The number of para-hydroxylation sites is 1. The minimum atomic E-state index is -0.437. The lowest BCUT2D eigenvalue weighted by atomic mass is 10.2. The molecule has 1 aliphatic rings. The summed E-state index contributed by atoms with van der Waals surface area (Å²) in [7, 11) is 0. The summed E-state index contributed by atoms with van der Waals surface area (Å²) in [5.74, 6) is -0.968. The smallest absolute Gasteiger partial charge is 0.288 e. The minimum absolute atomic E-state index is 0.0561. The molecule has 0 atom stereocenters. The number of aliphatic imine (C=N–C) groups is 1. The maximum atomic E-state index is 12.9. The van der Waals surface area contributed by atoms with Gasteiger partial charge in [0, 0.05) is 6.54 Å². The molecule has 0 unspecified atom stereocenters. The van der Waals surface area contributed by atoms with Crippen LogP contribution >= 0.6 is 0 Å². The van der Waals surface area contributed by atoms with Crippen LogP contribution in [0.25, 0.3) is 0 Å². The number of anilines is 1. The van der Waals surface area contributed by atoms with Crippen molar-refractivity contribution >= 4 is 23.3 Å². The number of hydrogen-bond acceptors (Lipinski definition) is 4. The number of benzene rings is 2. The molecule has 0 saturated carbocycles. The second-order valence-corrected chi connectivity index (χ2v) is 5.15. The third-order valence-electron chi connectivity index (χ3n) is 3.44. The van der Waals surface area contributed by atoms with Crippen molar-refractivity contribution in [2.75, 3.05) is 11.6 Å². The Balaban J connectivity index is 1.64. The van der Waals surface area contributed by atoms with Crippen LogP contribution in [0.5, 0.6) is 0 Å². The molecule has 2 aromatic rings. The van der Waals surface area contributed by atoms with Gasteiger partial charge < -0.3 is 5.32 Å². The fourth-order valence-corrected chi connectivity index (χ4v) is 2.20. The van der Waals surface area contributed by atoms with E-state index in [0.29, 0.717) is 5.69 Å². The third kappa shape index (κ3) is 3.57. The van der Waals surface area contributed by atoms with Crippen molar-refractivity contribution in [2.45, 2.75) is 6.54 Å². The first-order valence-corrected chi connectivity index (χ1v) is 7.35. The van der Waals surface area contributed by atoms with Crippen LogP contribution in [0.2, 0.25) is 0 Å². The number of hydrogen-bond donors (Lipinski definition) is 2. The van der Waals surface area contributed by atoms with Gasteiger partial charge >= 0.3 is 0 Å².